The van der Waals surface area contributed by atoms with Gasteiger partial charge in [-0.3, -0.25) is 9.69 Å². The summed E-state index contributed by atoms with van der Waals surface area (Å²) in [7, 11) is 0. The summed E-state index contributed by atoms with van der Waals surface area (Å²) in [5.41, 5.74) is 0. The van der Waals surface area contributed by atoms with Crippen molar-refractivity contribution in [2.75, 3.05) is 11.4 Å². The second-order valence-corrected chi connectivity index (χ2v) is 4.21. The predicted octanol–water partition coefficient (Wildman–Crippen LogP) is 2.09. The van der Waals surface area contributed by atoms with Gasteiger partial charge in [0, 0.05) is 13.0 Å². The number of hydrogen-bond donors (Lipinski definition) is 0. The Hall–Kier alpha value is -0.940. The van der Waals surface area contributed by atoms with Crippen LogP contribution in [0.2, 0.25) is 10.6 Å². The third kappa shape index (κ3) is 2.59. The van der Waals surface area contributed by atoms with Crippen molar-refractivity contribution < 1.29 is 4.79 Å². The Balaban J connectivity index is 2.30. The molecule has 1 amide bonds. The van der Waals surface area contributed by atoms with Crippen LogP contribution in [0.1, 0.15) is 25.7 Å². The molecule has 0 radical (unpaired) electrons. The molecule has 16 heavy (non-hydrogen) atoms. The minimum Gasteiger partial charge on any atom is -0.281 e. The largest absolute Gasteiger partial charge is 0.281 e. The van der Waals surface area contributed by atoms with Crippen LogP contribution in [0.15, 0.2) is 0 Å². The number of nitrogens with zero attached hydrogens (tertiary/aromatic N) is 4. The molecule has 1 saturated heterocycles. The van der Waals surface area contributed by atoms with Gasteiger partial charge in [-0.05, 0) is 36.0 Å². The minimum atomic E-state index is 0.00652. The number of amides is 1. The second kappa shape index (κ2) is 4.93. The zero-order chi connectivity index (χ0) is 11.5. The maximum atomic E-state index is 11.8. The van der Waals surface area contributed by atoms with Gasteiger partial charge in [-0.2, -0.15) is 15.0 Å². The standard InChI is InChI=1S/C9H10Cl2N4O/c10-7-12-8(11)14-9(13-7)15-5-3-1-2-4-6(15)16/h1-5H2. The molecule has 7 heteroatoms. The van der Waals surface area contributed by atoms with Crippen molar-refractivity contribution in [3.05, 3.63) is 10.6 Å². The van der Waals surface area contributed by atoms with Gasteiger partial charge in [0.15, 0.2) is 0 Å². The third-order valence-corrected chi connectivity index (χ3v) is 2.72. The summed E-state index contributed by atoms with van der Waals surface area (Å²) in [5.74, 6) is 0.257. The predicted molar refractivity (Wildman–Crippen MR) is 60.7 cm³/mol. The highest BCUT2D eigenvalue weighted by molar-refractivity contribution is 6.31. The highest BCUT2D eigenvalue weighted by Gasteiger charge is 2.21. The molecule has 1 aromatic rings. The molecule has 2 heterocycles. The molecule has 0 aliphatic carbocycles. The molecule has 86 valence electrons. The molecule has 1 fully saturated rings. The van der Waals surface area contributed by atoms with E-state index in [0.29, 0.717) is 13.0 Å². The van der Waals surface area contributed by atoms with Gasteiger partial charge in [0.2, 0.25) is 22.4 Å². The van der Waals surface area contributed by atoms with Crippen molar-refractivity contribution in [1.82, 2.24) is 15.0 Å². The maximum absolute atomic E-state index is 11.8. The number of carbonyl (C=O) groups excluding carboxylic acids is 1. The molecule has 5 nitrogen and oxygen atoms in total. The van der Waals surface area contributed by atoms with Crippen LogP contribution in [0.3, 0.4) is 0 Å². The summed E-state index contributed by atoms with van der Waals surface area (Å²) in [4.78, 5) is 24.8. The van der Waals surface area contributed by atoms with E-state index in [1.807, 2.05) is 0 Å². The Kier molecular flexibility index (Phi) is 3.56. The van der Waals surface area contributed by atoms with Crippen LogP contribution in [0.4, 0.5) is 5.95 Å². The van der Waals surface area contributed by atoms with Gasteiger partial charge in [0.05, 0.1) is 0 Å². The van der Waals surface area contributed by atoms with E-state index in [1.165, 1.54) is 4.90 Å². The van der Waals surface area contributed by atoms with E-state index >= 15 is 0 Å². The summed E-state index contributed by atoms with van der Waals surface area (Å²) in [6, 6.07) is 0. The number of hydrogen-bond acceptors (Lipinski definition) is 4. The molecule has 0 bridgehead atoms. The van der Waals surface area contributed by atoms with Crippen molar-refractivity contribution in [3.63, 3.8) is 0 Å². The van der Waals surface area contributed by atoms with Crippen molar-refractivity contribution in [1.29, 1.82) is 0 Å². The van der Waals surface area contributed by atoms with E-state index in [2.05, 4.69) is 15.0 Å². The van der Waals surface area contributed by atoms with Crippen molar-refractivity contribution in [2.24, 2.45) is 0 Å². The lowest BCUT2D eigenvalue weighted by Crippen LogP contribution is -2.31. The Morgan fingerprint density at radius 1 is 1.00 bits per heavy atom. The molecule has 0 saturated carbocycles. The topological polar surface area (TPSA) is 59.0 Å². The van der Waals surface area contributed by atoms with Crippen LogP contribution in [-0.4, -0.2) is 27.4 Å². The van der Waals surface area contributed by atoms with Crippen molar-refractivity contribution in [2.45, 2.75) is 25.7 Å². The smallest absolute Gasteiger partial charge is 0.237 e. The van der Waals surface area contributed by atoms with Crippen LogP contribution in [0.25, 0.3) is 0 Å². The quantitative estimate of drug-likeness (QED) is 0.776. The van der Waals surface area contributed by atoms with Crippen LogP contribution in [-0.2, 0) is 4.79 Å². The molecule has 0 unspecified atom stereocenters. The fourth-order valence-electron chi connectivity index (χ4n) is 1.63. The SMILES string of the molecule is O=C1CCCCCN1c1nc(Cl)nc(Cl)n1. The van der Waals surface area contributed by atoms with Crippen LogP contribution in [0.5, 0.6) is 0 Å². The molecular weight excluding hydrogens is 251 g/mol. The van der Waals surface area contributed by atoms with Gasteiger partial charge in [0.1, 0.15) is 0 Å². The summed E-state index contributed by atoms with van der Waals surface area (Å²) in [6.07, 6.45) is 3.39. The zero-order valence-electron chi connectivity index (χ0n) is 8.49. The fourth-order valence-corrected chi connectivity index (χ4v) is 1.99. The van der Waals surface area contributed by atoms with E-state index < -0.39 is 0 Å². The van der Waals surface area contributed by atoms with Gasteiger partial charge in [-0.1, -0.05) is 6.42 Å². The molecule has 2 rings (SSSR count). The molecule has 1 aromatic heterocycles. The van der Waals surface area contributed by atoms with Crippen LogP contribution < -0.4 is 4.90 Å². The minimum absolute atomic E-state index is 0.00652. The zero-order valence-corrected chi connectivity index (χ0v) is 10.0. The summed E-state index contributed by atoms with van der Waals surface area (Å²) >= 11 is 11.3. The summed E-state index contributed by atoms with van der Waals surface area (Å²) in [5, 5.41) is 0.0130. The second-order valence-electron chi connectivity index (χ2n) is 3.53. The molecule has 0 aromatic carbocycles. The number of rotatable bonds is 1. The first-order chi connectivity index (χ1) is 7.66. The van der Waals surface area contributed by atoms with E-state index in [4.69, 9.17) is 23.2 Å². The average molecular weight is 261 g/mol. The Bertz CT molecular complexity index is 392. The van der Waals surface area contributed by atoms with Gasteiger partial charge in [0.25, 0.3) is 0 Å². The average Bonchev–Trinajstić information content (AvgIpc) is 2.41. The molecular formula is C9H10Cl2N4O. The van der Waals surface area contributed by atoms with E-state index in [-0.39, 0.29) is 22.4 Å². The summed E-state index contributed by atoms with van der Waals surface area (Å²) in [6.45, 7) is 0.607. The number of aromatic nitrogens is 3. The van der Waals surface area contributed by atoms with Gasteiger partial charge < -0.3 is 0 Å². The lowest BCUT2D eigenvalue weighted by atomic mass is 10.2. The van der Waals surface area contributed by atoms with Gasteiger partial charge >= 0.3 is 0 Å². The van der Waals surface area contributed by atoms with Crippen LogP contribution in [0, 0.1) is 0 Å². The number of halogens is 2. The first-order valence-corrected chi connectivity index (χ1v) is 5.80. The Labute approximate surface area is 103 Å². The van der Waals surface area contributed by atoms with E-state index in [0.717, 1.165) is 19.3 Å². The molecule has 0 N–H and O–H groups in total. The third-order valence-electron chi connectivity index (χ3n) is 2.38. The number of anilines is 1. The van der Waals surface area contributed by atoms with Gasteiger partial charge in [-0.25, -0.2) is 0 Å². The van der Waals surface area contributed by atoms with E-state index in [1.54, 1.807) is 0 Å². The number of carbonyl (C=O) groups is 1. The summed E-state index contributed by atoms with van der Waals surface area (Å²) < 4.78 is 0. The Morgan fingerprint density at radius 3 is 2.38 bits per heavy atom. The Morgan fingerprint density at radius 2 is 1.69 bits per heavy atom. The highest BCUT2D eigenvalue weighted by atomic mass is 35.5. The van der Waals surface area contributed by atoms with E-state index in [9.17, 15) is 4.79 Å². The normalized spacial score (nSPS) is 17.4. The molecule has 1 aliphatic heterocycles. The lowest BCUT2D eigenvalue weighted by molar-refractivity contribution is -0.118. The molecule has 0 spiro atoms. The van der Waals surface area contributed by atoms with Crippen molar-refractivity contribution >= 4 is 35.1 Å². The lowest BCUT2D eigenvalue weighted by Gasteiger charge is -2.17. The highest BCUT2D eigenvalue weighted by Crippen LogP contribution is 2.19. The fraction of sp³-hybridized carbons (Fsp3) is 0.556. The molecule has 1 aliphatic rings. The maximum Gasteiger partial charge on any atom is 0.237 e. The van der Waals surface area contributed by atoms with Crippen LogP contribution >= 0.6 is 23.2 Å². The first-order valence-electron chi connectivity index (χ1n) is 5.04. The van der Waals surface area contributed by atoms with Crippen molar-refractivity contribution in [3.8, 4) is 0 Å². The monoisotopic (exact) mass is 260 g/mol. The van der Waals surface area contributed by atoms with Gasteiger partial charge in [-0.15, -0.1) is 0 Å². The molecule has 0 atom stereocenters. The first kappa shape index (κ1) is 11.5.